The van der Waals surface area contributed by atoms with Gasteiger partial charge in [0.25, 0.3) is 0 Å². The van der Waals surface area contributed by atoms with Gasteiger partial charge in [0.05, 0.1) is 18.6 Å². The number of methoxy groups -OCH3 is 1. The van der Waals surface area contributed by atoms with Gasteiger partial charge in [0.2, 0.25) is 5.91 Å². The molecule has 1 aromatic heterocycles. The quantitative estimate of drug-likeness (QED) is 0.654. The van der Waals surface area contributed by atoms with Crippen LogP contribution in [0.15, 0.2) is 34.1 Å². The summed E-state index contributed by atoms with van der Waals surface area (Å²) in [7, 11) is 1.54. The summed E-state index contributed by atoms with van der Waals surface area (Å²) in [4.78, 5) is 15.9. The van der Waals surface area contributed by atoms with Crippen LogP contribution in [-0.2, 0) is 4.79 Å². The first-order valence-electron chi connectivity index (χ1n) is 5.44. The van der Waals surface area contributed by atoms with Crippen molar-refractivity contribution in [2.24, 2.45) is 0 Å². The van der Waals surface area contributed by atoms with Gasteiger partial charge in [-0.1, -0.05) is 11.8 Å². The van der Waals surface area contributed by atoms with Crippen LogP contribution >= 0.6 is 23.1 Å². The summed E-state index contributed by atoms with van der Waals surface area (Å²) in [5, 5.41) is 4.67. The molecule has 0 atom stereocenters. The van der Waals surface area contributed by atoms with E-state index in [0.717, 1.165) is 4.34 Å². The highest BCUT2D eigenvalue weighted by atomic mass is 32.2. The molecule has 0 saturated carbocycles. The number of carbonyl (C=O) groups excluding carboxylic acids is 1. The second-order valence-corrected chi connectivity index (χ2v) is 5.71. The summed E-state index contributed by atoms with van der Waals surface area (Å²) >= 11 is 2.91. The zero-order chi connectivity index (χ0) is 13.7. The minimum atomic E-state index is -0.108. The molecule has 7 heteroatoms. The van der Waals surface area contributed by atoms with Crippen molar-refractivity contribution in [2.75, 3.05) is 23.9 Å². The van der Waals surface area contributed by atoms with E-state index in [4.69, 9.17) is 10.5 Å². The molecule has 1 amide bonds. The van der Waals surface area contributed by atoms with Crippen LogP contribution in [0.5, 0.6) is 5.75 Å². The molecule has 3 N–H and O–H groups in total. The van der Waals surface area contributed by atoms with E-state index >= 15 is 0 Å². The van der Waals surface area contributed by atoms with E-state index < -0.39 is 0 Å². The van der Waals surface area contributed by atoms with Gasteiger partial charge in [-0.25, -0.2) is 4.98 Å². The molecule has 19 heavy (non-hydrogen) atoms. The molecule has 0 unspecified atom stereocenters. The van der Waals surface area contributed by atoms with Crippen molar-refractivity contribution in [3.8, 4) is 5.75 Å². The van der Waals surface area contributed by atoms with Gasteiger partial charge in [-0.05, 0) is 12.1 Å². The van der Waals surface area contributed by atoms with Crippen LogP contribution in [0.3, 0.4) is 0 Å². The molecular formula is C12H13N3O2S2. The third kappa shape index (κ3) is 3.87. The fourth-order valence-corrected chi connectivity index (χ4v) is 2.84. The van der Waals surface area contributed by atoms with Crippen molar-refractivity contribution in [1.82, 2.24) is 4.98 Å². The molecule has 2 aromatic rings. The number of hydrogen-bond acceptors (Lipinski definition) is 6. The normalized spacial score (nSPS) is 10.2. The molecule has 2 rings (SSSR count). The Hall–Kier alpha value is -1.73. The number of thiazole rings is 1. The maximum Gasteiger partial charge on any atom is 0.234 e. The van der Waals surface area contributed by atoms with Crippen LogP contribution < -0.4 is 15.8 Å². The molecule has 0 aliphatic heterocycles. The molecule has 0 bridgehead atoms. The topological polar surface area (TPSA) is 77.2 Å². The summed E-state index contributed by atoms with van der Waals surface area (Å²) in [6, 6.07) is 5.11. The molecule has 0 fully saturated rings. The maximum atomic E-state index is 11.8. The highest BCUT2D eigenvalue weighted by Crippen LogP contribution is 2.27. The average molecular weight is 295 g/mol. The first kappa shape index (κ1) is 13.7. The highest BCUT2D eigenvalue weighted by molar-refractivity contribution is 8.01. The fraction of sp³-hybridized carbons (Fsp3) is 0.167. The van der Waals surface area contributed by atoms with Gasteiger partial charge in [-0.15, -0.1) is 11.3 Å². The first-order valence-corrected chi connectivity index (χ1v) is 7.31. The number of nitrogens with one attached hydrogen (secondary N) is 1. The minimum absolute atomic E-state index is 0.108. The first-order chi connectivity index (χ1) is 9.19. The van der Waals surface area contributed by atoms with Crippen molar-refractivity contribution < 1.29 is 9.53 Å². The molecule has 5 nitrogen and oxygen atoms in total. The Morgan fingerprint density at radius 3 is 3.11 bits per heavy atom. The summed E-state index contributed by atoms with van der Waals surface area (Å²) in [5.41, 5.74) is 6.86. The number of rotatable bonds is 5. The van der Waals surface area contributed by atoms with E-state index in [9.17, 15) is 4.79 Å². The standard InChI is InChI=1S/C12H13N3O2S2/c1-17-10-6-8(13)2-3-9(10)15-11(16)7-19-12-14-4-5-18-12/h2-6H,7,13H2,1H3,(H,15,16). The Morgan fingerprint density at radius 2 is 2.42 bits per heavy atom. The molecule has 1 aromatic carbocycles. The Kier molecular flexibility index (Phi) is 4.64. The highest BCUT2D eigenvalue weighted by Gasteiger charge is 2.09. The smallest absolute Gasteiger partial charge is 0.234 e. The van der Waals surface area contributed by atoms with Crippen LogP contribution in [0.25, 0.3) is 0 Å². The monoisotopic (exact) mass is 295 g/mol. The lowest BCUT2D eigenvalue weighted by Crippen LogP contribution is -2.14. The van der Waals surface area contributed by atoms with Crippen LogP contribution in [-0.4, -0.2) is 23.8 Å². The van der Waals surface area contributed by atoms with E-state index in [2.05, 4.69) is 10.3 Å². The number of ether oxygens (including phenoxy) is 1. The molecule has 100 valence electrons. The van der Waals surface area contributed by atoms with Gasteiger partial charge in [-0.2, -0.15) is 0 Å². The van der Waals surface area contributed by atoms with Crippen molar-refractivity contribution >= 4 is 40.4 Å². The number of carbonyl (C=O) groups is 1. The molecule has 0 spiro atoms. The molecular weight excluding hydrogens is 282 g/mol. The van der Waals surface area contributed by atoms with Gasteiger partial charge in [0, 0.05) is 23.3 Å². The van der Waals surface area contributed by atoms with Crippen LogP contribution in [0, 0.1) is 0 Å². The van der Waals surface area contributed by atoms with E-state index in [0.29, 0.717) is 22.9 Å². The predicted octanol–water partition coefficient (Wildman–Crippen LogP) is 2.46. The number of hydrogen-bond donors (Lipinski definition) is 2. The number of nitrogens with zero attached hydrogens (tertiary/aromatic N) is 1. The Balaban J connectivity index is 1.95. The largest absolute Gasteiger partial charge is 0.494 e. The predicted molar refractivity (Wildman–Crippen MR) is 78.9 cm³/mol. The number of anilines is 2. The summed E-state index contributed by atoms with van der Waals surface area (Å²) < 4.78 is 6.04. The number of nitrogen functional groups attached to an aromatic ring is 1. The average Bonchev–Trinajstić information content (AvgIpc) is 2.91. The van der Waals surface area contributed by atoms with Gasteiger partial charge < -0.3 is 15.8 Å². The number of thioether (sulfide) groups is 1. The number of benzene rings is 1. The summed E-state index contributed by atoms with van der Waals surface area (Å²) in [6.45, 7) is 0. The SMILES string of the molecule is COc1cc(N)ccc1NC(=O)CSc1nccs1. The Labute approximate surface area is 119 Å². The summed E-state index contributed by atoms with van der Waals surface area (Å²) in [5.74, 6) is 0.747. The van der Waals surface area contributed by atoms with Gasteiger partial charge in [0.15, 0.2) is 0 Å². The van der Waals surface area contributed by atoms with Crippen LogP contribution in [0.1, 0.15) is 0 Å². The van der Waals surface area contributed by atoms with E-state index in [1.165, 1.54) is 30.2 Å². The van der Waals surface area contributed by atoms with Crippen molar-refractivity contribution in [2.45, 2.75) is 4.34 Å². The molecule has 0 aliphatic carbocycles. The van der Waals surface area contributed by atoms with Crippen molar-refractivity contribution in [3.05, 3.63) is 29.8 Å². The Bertz CT molecular complexity index is 558. The molecule has 0 aliphatic rings. The van der Waals surface area contributed by atoms with Crippen LogP contribution in [0.4, 0.5) is 11.4 Å². The third-order valence-electron chi connectivity index (χ3n) is 2.24. The van der Waals surface area contributed by atoms with E-state index in [1.807, 2.05) is 5.38 Å². The van der Waals surface area contributed by atoms with Crippen LogP contribution in [0.2, 0.25) is 0 Å². The van der Waals surface area contributed by atoms with Gasteiger partial charge in [-0.3, -0.25) is 4.79 Å². The van der Waals surface area contributed by atoms with Gasteiger partial charge in [0.1, 0.15) is 10.1 Å². The van der Waals surface area contributed by atoms with Crippen molar-refractivity contribution in [1.29, 1.82) is 0 Å². The lowest BCUT2D eigenvalue weighted by Gasteiger charge is -2.10. The number of nitrogens with two attached hydrogens (primary N) is 1. The molecule has 0 saturated heterocycles. The summed E-state index contributed by atoms with van der Waals surface area (Å²) in [6.07, 6.45) is 1.72. The zero-order valence-corrected chi connectivity index (χ0v) is 11.9. The minimum Gasteiger partial charge on any atom is -0.494 e. The molecule has 1 heterocycles. The second-order valence-electron chi connectivity index (χ2n) is 3.59. The maximum absolute atomic E-state index is 11.8. The Morgan fingerprint density at radius 1 is 1.58 bits per heavy atom. The number of amides is 1. The lowest BCUT2D eigenvalue weighted by molar-refractivity contribution is -0.113. The second kappa shape index (κ2) is 6.44. The third-order valence-corrected chi connectivity index (χ3v) is 4.20. The van der Waals surface area contributed by atoms with E-state index in [-0.39, 0.29) is 5.91 Å². The molecule has 0 radical (unpaired) electrons. The zero-order valence-electron chi connectivity index (χ0n) is 10.3. The van der Waals surface area contributed by atoms with Gasteiger partial charge >= 0.3 is 0 Å². The number of aromatic nitrogens is 1. The van der Waals surface area contributed by atoms with Crippen molar-refractivity contribution in [3.63, 3.8) is 0 Å². The fourth-order valence-electron chi connectivity index (χ4n) is 1.41. The van der Waals surface area contributed by atoms with E-state index in [1.54, 1.807) is 24.4 Å². The lowest BCUT2D eigenvalue weighted by atomic mass is 10.2.